The minimum atomic E-state index is -4.14. The van der Waals surface area contributed by atoms with Gasteiger partial charge < -0.3 is 5.73 Å². The van der Waals surface area contributed by atoms with Crippen molar-refractivity contribution in [2.75, 3.05) is 5.73 Å². The first-order valence-corrected chi connectivity index (χ1v) is 7.82. The fourth-order valence-corrected chi connectivity index (χ4v) is 2.30. The molecule has 0 unspecified atom stereocenters. The van der Waals surface area contributed by atoms with Crippen LogP contribution in [0.25, 0.3) is 10.9 Å². The van der Waals surface area contributed by atoms with Crippen molar-refractivity contribution in [3.8, 4) is 0 Å². The summed E-state index contributed by atoms with van der Waals surface area (Å²) in [4.78, 5) is 7.76. The van der Waals surface area contributed by atoms with Crippen LogP contribution in [0.15, 0.2) is 59.8 Å². The van der Waals surface area contributed by atoms with Gasteiger partial charge in [-0.1, -0.05) is 24.3 Å². The molecule has 0 aliphatic carbocycles. The lowest BCUT2D eigenvalue weighted by atomic mass is 10.2. The summed E-state index contributed by atoms with van der Waals surface area (Å²) in [6.45, 7) is 1.65. The van der Waals surface area contributed by atoms with Crippen molar-refractivity contribution < 1.29 is 13.0 Å². The van der Waals surface area contributed by atoms with Crippen molar-refractivity contribution in [3.05, 3.63) is 60.4 Å². The zero-order valence-electron chi connectivity index (χ0n) is 11.8. The predicted octanol–water partition coefficient (Wildman–Crippen LogP) is 2.45. The van der Waals surface area contributed by atoms with Gasteiger partial charge in [0.2, 0.25) is 0 Å². The van der Waals surface area contributed by atoms with E-state index in [4.69, 9.17) is 10.3 Å². The summed E-state index contributed by atoms with van der Waals surface area (Å²) in [5, 5.41) is 0.782. The van der Waals surface area contributed by atoms with Crippen LogP contribution in [0.5, 0.6) is 0 Å². The molecule has 0 aliphatic heterocycles. The number of aryl methyl sites for hydroxylation is 1. The Kier molecular flexibility index (Phi) is 4.69. The van der Waals surface area contributed by atoms with E-state index in [1.165, 1.54) is 12.1 Å². The normalized spacial score (nSPS) is 10.8. The molecule has 0 radical (unpaired) electrons. The van der Waals surface area contributed by atoms with Crippen molar-refractivity contribution in [2.24, 2.45) is 0 Å². The number of benzene rings is 1. The van der Waals surface area contributed by atoms with Gasteiger partial charge in [0, 0.05) is 17.3 Å². The largest absolute Gasteiger partial charge is 0.397 e. The molecule has 3 N–H and O–H groups in total. The number of nitrogen functional groups attached to an aromatic ring is 1. The molecule has 7 heteroatoms. The van der Waals surface area contributed by atoms with E-state index in [0.717, 1.165) is 16.6 Å². The quantitative estimate of drug-likeness (QED) is 0.527. The fourth-order valence-electron chi connectivity index (χ4n) is 1.79. The lowest BCUT2D eigenvalue weighted by molar-refractivity contribution is 0.479. The van der Waals surface area contributed by atoms with Gasteiger partial charge in [0.1, 0.15) is 0 Å². The Labute approximate surface area is 128 Å². The maximum absolute atomic E-state index is 10.5. The number of fused-ring (bicyclic) bond motifs is 1. The molecule has 0 aliphatic rings. The number of pyridine rings is 2. The molecule has 3 rings (SSSR count). The number of rotatable bonds is 1. The van der Waals surface area contributed by atoms with E-state index >= 15 is 0 Å². The highest BCUT2D eigenvalue weighted by Crippen LogP contribution is 2.16. The Hall–Kier alpha value is -2.51. The average molecular weight is 317 g/mol. The van der Waals surface area contributed by atoms with E-state index in [1.807, 2.05) is 30.3 Å². The van der Waals surface area contributed by atoms with Crippen molar-refractivity contribution >= 4 is 26.7 Å². The van der Waals surface area contributed by atoms with E-state index in [1.54, 1.807) is 19.2 Å². The van der Waals surface area contributed by atoms with Gasteiger partial charge in [-0.3, -0.25) is 9.54 Å². The first-order chi connectivity index (χ1) is 10.4. The minimum absolute atomic E-state index is 0.308. The maximum atomic E-state index is 10.5. The summed E-state index contributed by atoms with van der Waals surface area (Å²) >= 11 is 0. The molecule has 114 valence electrons. The zero-order valence-corrected chi connectivity index (χ0v) is 12.7. The molecule has 1 aromatic carbocycles. The van der Waals surface area contributed by atoms with Gasteiger partial charge in [0.15, 0.2) is 5.03 Å². The van der Waals surface area contributed by atoms with E-state index in [9.17, 15) is 8.42 Å². The third-order valence-electron chi connectivity index (χ3n) is 2.79. The second-order valence-electron chi connectivity index (χ2n) is 4.51. The van der Waals surface area contributed by atoms with Gasteiger partial charge in [-0.2, -0.15) is 8.42 Å². The van der Waals surface area contributed by atoms with Gasteiger partial charge in [-0.05, 0) is 31.2 Å². The van der Waals surface area contributed by atoms with Gasteiger partial charge in [-0.15, -0.1) is 0 Å². The molecular weight excluding hydrogens is 302 g/mol. The Bertz CT molecular complexity index is 890. The van der Waals surface area contributed by atoms with Gasteiger partial charge >= 0.3 is 10.1 Å². The van der Waals surface area contributed by atoms with Gasteiger partial charge in [-0.25, -0.2) is 4.98 Å². The van der Waals surface area contributed by atoms with Crippen LogP contribution in [0.3, 0.4) is 0 Å². The lowest BCUT2D eigenvalue weighted by Crippen LogP contribution is -2.01. The predicted molar refractivity (Wildman–Crippen MR) is 84.9 cm³/mol. The molecule has 0 spiro atoms. The SMILES string of the molecule is Cc1cccc(S(=O)(=O)O)n1.Nc1cccc2cccnc12. The lowest BCUT2D eigenvalue weighted by Gasteiger charge is -1.97. The minimum Gasteiger partial charge on any atom is -0.397 e. The average Bonchev–Trinajstić information content (AvgIpc) is 2.48. The number of nitrogens with zero attached hydrogens (tertiary/aromatic N) is 2. The van der Waals surface area contributed by atoms with Crippen LogP contribution in [-0.2, 0) is 10.1 Å². The van der Waals surface area contributed by atoms with Crippen LogP contribution < -0.4 is 5.73 Å². The standard InChI is InChI=1S/C9H8N2.C6H7NO3S/c10-8-5-1-3-7-4-2-6-11-9(7)8;1-5-3-2-4-6(7-5)11(8,9)10/h1-6H,10H2;2-4H,1H3,(H,8,9,10). The summed E-state index contributed by atoms with van der Waals surface area (Å²) in [5.74, 6) is 0. The Balaban J connectivity index is 0.000000160. The fraction of sp³-hybridized carbons (Fsp3) is 0.0667. The van der Waals surface area contributed by atoms with Gasteiger partial charge in [0.05, 0.1) is 11.2 Å². The molecule has 0 saturated carbocycles. The molecule has 0 bridgehead atoms. The monoisotopic (exact) mass is 317 g/mol. The highest BCUT2D eigenvalue weighted by atomic mass is 32.2. The van der Waals surface area contributed by atoms with E-state index in [-0.39, 0.29) is 5.03 Å². The first-order valence-electron chi connectivity index (χ1n) is 6.38. The number of para-hydroxylation sites is 1. The van der Waals surface area contributed by atoms with Crippen LogP contribution in [0, 0.1) is 6.92 Å². The molecule has 0 atom stereocenters. The van der Waals surface area contributed by atoms with Gasteiger partial charge in [0.25, 0.3) is 0 Å². The number of anilines is 1. The summed E-state index contributed by atoms with van der Waals surface area (Å²) in [5.41, 5.74) is 7.87. The van der Waals surface area contributed by atoms with Crippen molar-refractivity contribution in [3.63, 3.8) is 0 Å². The third kappa shape index (κ3) is 4.00. The van der Waals surface area contributed by atoms with Crippen molar-refractivity contribution in [1.29, 1.82) is 0 Å². The summed E-state index contributed by atoms with van der Waals surface area (Å²) in [6, 6.07) is 14.1. The van der Waals surface area contributed by atoms with Crippen molar-refractivity contribution in [1.82, 2.24) is 9.97 Å². The van der Waals surface area contributed by atoms with Crippen LogP contribution in [0.1, 0.15) is 5.69 Å². The highest BCUT2D eigenvalue weighted by molar-refractivity contribution is 7.85. The molecule has 0 amide bonds. The Morgan fingerprint density at radius 2 is 1.73 bits per heavy atom. The third-order valence-corrected chi connectivity index (χ3v) is 3.55. The zero-order chi connectivity index (χ0) is 16.2. The Morgan fingerprint density at radius 3 is 2.32 bits per heavy atom. The summed E-state index contributed by atoms with van der Waals surface area (Å²) in [7, 11) is -4.14. The molecule has 22 heavy (non-hydrogen) atoms. The smallest absolute Gasteiger partial charge is 0.312 e. The van der Waals surface area contributed by atoms with Crippen LogP contribution in [0.4, 0.5) is 5.69 Å². The molecule has 2 heterocycles. The van der Waals surface area contributed by atoms with E-state index in [2.05, 4.69) is 9.97 Å². The molecular formula is C15H15N3O3S. The topological polar surface area (TPSA) is 106 Å². The van der Waals surface area contributed by atoms with Crippen molar-refractivity contribution in [2.45, 2.75) is 11.9 Å². The van der Waals surface area contributed by atoms with Crippen LogP contribution in [-0.4, -0.2) is 22.9 Å². The highest BCUT2D eigenvalue weighted by Gasteiger charge is 2.09. The Morgan fingerprint density at radius 1 is 1.05 bits per heavy atom. The number of hydrogen-bond acceptors (Lipinski definition) is 5. The maximum Gasteiger partial charge on any atom is 0.312 e. The second-order valence-corrected chi connectivity index (χ2v) is 5.88. The number of aromatic nitrogens is 2. The number of hydrogen-bond donors (Lipinski definition) is 2. The van der Waals surface area contributed by atoms with E-state index in [0.29, 0.717) is 5.69 Å². The number of nitrogens with two attached hydrogens (primary N) is 1. The molecule has 0 fully saturated rings. The second kappa shape index (κ2) is 6.50. The molecule has 3 aromatic rings. The van der Waals surface area contributed by atoms with Crippen LogP contribution in [0.2, 0.25) is 0 Å². The first kappa shape index (κ1) is 15.9. The molecule has 0 saturated heterocycles. The van der Waals surface area contributed by atoms with Crippen LogP contribution >= 0.6 is 0 Å². The molecule has 6 nitrogen and oxygen atoms in total. The summed E-state index contributed by atoms with van der Waals surface area (Å²) < 4.78 is 29.5. The summed E-state index contributed by atoms with van der Waals surface area (Å²) in [6.07, 6.45) is 1.75. The van der Waals surface area contributed by atoms with E-state index < -0.39 is 10.1 Å². The molecule has 2 aromatic heterocycles.